The summed E-state index contributed by atoms with van der Waals surface area (Å²) in [6, 6.07) is 8.88. The fourth-order valence-corrected chi connectivity index (χ4v) is 6.35. The Morgan fingerprint density at radius 3 is 2.86 bits per heavy atom. The highest BCUT2D eigenvalue weighted by atomic mass is 79.9. The molecule has 1 aliphatic carbocycles. The topological polar surface area (TPSA) is 65.7 Å². The van der Waals surface area contributed by atoms with Gasteiger partial charge in [0, 0.05) is 20.5 Å². The number of methoxy groups -OCH3 is 1. The third-order valence-corrected chi connectivity index (χ3v) is 8.20. The molecule has 4 aromatic rings. The van der Waals surface area contributed by atoms with E-state index in [0.717, 1.165) is 47.2 Å². The fraction of sp³-hybridized carbons (Fsp3) is 0.240. The van der Waals surface area contributed by atoms with Crippen LogP contribution in [0.2, 0.25) is 10.0 Å². The maximum absolute atomic E-state index is 13.1. The summed E-state index contributed by atoms with van der Waals surface area (Å²) in [4.78, 5) is 19.7. The van der Waals surface area contributed by atoms with Crippen LogP contribution in [0, 0.1) is 0 Å². The molecular weight excluding hydrogens is 573 g/mol. The van der Waals surface area contributed by atoms with Gasteiger partial charge in [-0.15, -0.1) is 11.3 Å². The lowest BCUT2D eigenvalue weighted by Gasteiger charge is -2.14. The van der Waals surface area contributed by atoms with E-state index < -0.39 is 0 Å². The van der Waals surface area contributed by atoms with Crippen LogP contribution in [-0.4, -0.2) is 23.0 Å². The summed E-state index contributed by atoms with van der Waals surface area (Å²) in [6.45, 7) is 0.241. The molecule has 0 N–H and O–H groups in total. The molecule has 2 aromatic heterocycles. The van der Waals surface area contributed by atoms with Crippen molar-refractivity contribution in [2.45, 2.75) is 32.3 Å². The van der Waals surface area contributed by atoms with E-state index in [0.29, 0.717) is 31.4 Å². The van der Waals surface area contributed by atoms with Crippen molar-refractivity contribution >= 4 is 66.9 Å². The van der Waals surface area contributed by atoms with Gasteiger partial charge in [-0.1, -0.05) is 29.3 Å². The van der Waals surface area contributed by atoms with Crippen molar-refractivity contribution in [1.82, 2.24) is 9.66 Å². The molecule has 0 bridgehead atoms. The van der Waals surface area contributed by atoms with Crippen LogP contribution in [0.1, 0.15) is 34.4 Å². The Kier molecular flexibility index (Phi) is 7.16. The highest BCUT2D eigenvalue weighted by molar-refractivity contribution is 9.10. The van der Waals surface area contributed by atoms with Crippen molar-refractivity contribution in [3.63, 3.8) is 0 Å². The van der Waals surface area contributed by atoms with Crippen molar-refractivity contribution in [1.29, 1.82) is 0 Å². The molecule has 0 saturated carbocycles. The van der Waals surface area contributed by atoms with Crippen LogP contribution in [0.5, 0.6) is 11.5 Å². The molecule has 0 radical (unpaired) electrons. The number of ether oxygens (including phenoxy) is 2. The van der Waals surface area contributed by atoms with Crippen LogP contribution in [0.15, 0.2) is 51.0 Å². The van der Waals surface area contributed by atoms with Crippen LogP contribution in [0.4, 0.5) is 0 Å². The summed E-state index contributed by atoms with van der Waals surface area (Å²) in [5.74, 6) is 1.04. The first-order valence-corrected chi connectivity index (χ1v) is 13.3. The van der Waals surface area contributed by atoms with Crippen LogP contribution < -0.4 is 15.0 Å². The van der Waals surface area contributed by atoms with Crippen molar-refractivity contribution in [2.75, 3.05) is 7.11 Å². The number of halogens is 3. The molecule has 0 saturated heterocycles. The highest BCUT2D eigenvalue weighted by Gasteiger charge is 2.20. The number of hydrogen-bond donors (Lipinski definition) is 0. The van der Waals surface area contributed by atoms with Crippen LogP contribution in [-0.2, 0) is 19.4 Å². The summed E-state index contributed by atoms with van der Waals surface area (Å²) >= 11 is 17.4. The second-order valence-electron chi connectivity index (χ2n) is 8.09. The van der Waals surface area contributed by atoms with Gasteiger partial charge in [-0.3, -0.25) is 4.79 Å². The number of thiophene rings is 1. The maximum Gasteiger partial charge on any atom is 0.282 e. The van der Waals surface area contributed by atoms with Crippen molar-refractivity contribution in [3.8, 4) is 11.5 Å². The van der Waals surface area contributed by atoms with Crippen molar-refractivity contribution in [2.24, 2.45) is 5.10 Å². The normalized spacial score (nSPS) is 13.4. The Bertz CT molecular complexity index is 1520. The quantitative estimate of drug-likeness (QED) is 0.229. The van der Waals surface area contributed by atoms with Crippen molar-refractivity contribution in [3.05, 3.63) is 83.1 Å². The first kappa shape index (κ1) is 24.3. The summed E-state index contributed by atoms with van der Waals surface area (Å²) in [5.41, 5.74) is 2.53. The van der Waals surface area contributed by atoms with Gasteiger partial charge in [0.2, 0.25) is 0 Å². The molecule has 10 heteroatoms. The monoisotopic (exact) mass is 591 g/mol. The van der Waals surface area contributed by atoms with Crippen LogP contribution in [0.3, 0.4) is 0 Å². The van der Waals surface area contributed by atoms with E-state index >= 15 is 0 Å². The van der Waals surface area contributed by atoms with Gasteiger partial charge < -0.3 is 9.47 Å². The fourth-order valence-electron chi connectivity index (χ4n) is 4.09. The maximum atomic E-state index is 13.1. The minimum absolute atomic E-state index is 0.142. The number of aromatic nitrogens is 2. The molecular formula is C25H20BrCl2N3O3S. The highest BCUT2D eigenvalue weighted by Crippen LogP contribution is 2.37. The van der Waals surface area contributed by atoms with Gasteiger partial charge in [0.15, 0.2) is 11.5 Å². The number of aryl methyl sites for hydroxylation is 2. The van der Waals surface area contributed by atoms with E-state index in [9.17, 15) is 4.79 Å². The zero-order valence-corrected chi connectivity index (χ0v) is 22.6. The molecule has 0 fully saturated rings. The number of nitrogens with zero attached hydrogens (tertiary/aromatic N) is 3. The van der Waals surface area contributed by atoms with E-state index in [1.807, 2.05) is 12.1 Å². The number of fused-ring (bicyclic) bond motifs is 3. The van der Waals surface area contributed by atoms with E-state index in [1.54, 1.807) is 42.9 Å². The van der Waals surface area contributed by atoms with Gasteiger partial charge in [0.05, 0.1) is 23.2 Å². The van der Waals surface area contributed by atoms with Gasteiger partial charge in [0.1, 0.15) is 17.8 Å². The SMILES string of the molecule is COc1cc(/C=N/n2cnc3sc4c(c3c2=O)CCCC4)cc(Br)c1OCc1ccc(Cl)cc1Cl. The molecule has 6 nitrogen and oxygen atoms in total. The van der Waals surface area contributed by atoms with E-state index in [2.05, 4.69) is 26.0 Å². The predicted octanol–water partition coefficient (Wildman–Crippen LogP) is 6.88. The Hall–Kier alpha value is -2.39. The lowest BCUT2D eigenvalue weighted by molar-refractivity contribution is 0.282. The summed E-state index contributed by atoms with van der Waals surface area (Å²) in [5, 5.41) is 6.18. The molecule has 2 heterocycles. The summed E-state index contributed by atoms with van der Waals surface area (Å²) < 4.78 is 13.5. The molecule has 180 valence electrons. The Morgan fingerprint density at radius 2 is 2.06 bits per heavy atom. The van der Waals surface area contributed by atoms with Gasteiger partial charge in [-0.2, -0.15) is 9.78 Å². The molecule has 0 unspecified atom stereocenters. The van der Waals surface area contributed by atoms with E-state index in [-0.39, 0.29) is 12.2 Å². The number of rotatable bonds is 6. The standard InChI is InChI=1S/C25H20BrCl2N3O3S/c1-33-20-9-14(8-18(26)23(20)34-12-15-6-7-16(27)10-19(15)28)11-30-31-13-29-24-22(25(31)32)17-4-2-3-5-21(17)35-24/h6-11,13H,2-5,12H2,1H3/b30-11+. The van der Waals surface area contributed by atoms with Gasteiger partial charge in [-0.05, 0) is 77.0 Å². The zero-order chi connectivity index (χ0) is 24.5. The Labute approximate surface area is 224 Å². The molecule has 0 spiro atoms. The van der Waals surface area contributed by atoms with Gasteiger partial charge in [-0.25, -0.2) is 4.98 Å². The zero-order valence-electron chi connectivity index (χ0n) is 18.7. The van der Waals surface area contributed by atoms with E-state index in [4.69, 9.17) is 32.7 Å². The lowest BCUT2D eigenvalue weighted by atomic mass is 9.97. The summed E-state index contributed by atoms with van der Waals surface area (Å²) in [7, 11) is 1.56. The first-order chi connectivity index (χ1) is 16.9. The number of hydrogen-bond acceptors (Lipinski definition) is 6. The van der Waals surface area contributed by atoms with Crippen LogP contribution in [0.25, 0.3) is 10.2 Å². The largest absolute Gasteiger partial charge is 0.493 e. The minimum Gasteiger partial charge on any atom is -0.493 e. The summed E-state index contributed by atoms with van der Waals surface area (Å²) in [6.07, 6.45) is 7.28. The average Bonchev–Trinajstić information content (AvgIpc) is 3.23. The second kappa shape index (κ2) is 10.3. The molecule has 0 aliphatic heterocycles. The smallest absolute Gasteiger partial charge is 0.282 e. The van der Waals surface area contributed by atoms with Gasteiger partial charge in [0.25, 0.3) is 5.56 Å². The van der Waals surface area contributed by atoms with Crippen molar-refractivity contribution < 1.29 is 9.47 Å². The number of benzene rings is 2. The minimum atomic E-state index is -0.142. The van der Waals surface area contributed by atoms with Crippen LogP contribution >= 0.6 is 50.5 Å². The predicted molar refractivity (Wildman–Crippen MR) is 145 cm³/mol. The lowest BCUT2D eigenvalue weighted by Crippen LogP contribution is -2.18. The molecule has 5 rings (SSSR count). The first-order valence-electron chi connectivity index (χ1n) is 10.9. The molecule has 2 aromatic carbocycles. The molecule has 1 aliphatic rings. The Morgan fingerprint density at radius 1 is 1.23 bits per heavy atom. The molecule has 0 atom stereocenters. The van der Waals surface area contributed by atoms with E-state index in [1.165, 1.54) is 15.9 Å². The molecule has 35 heavy (non-hydrogen) atoms. The van der Waals surface area contributed by atoms with Gasteiger partial charge >= 0.3 is 0 Å². The average molecular weight is 593 g/mol. The third-order valence-electron chi connectivity index (χ3n) is 5.83. The Balaban J connectivity index is 1.41. The second-order valence-corrected chi connectivity index (χ2v) is 10.9. The third kappa shape index (κ3) is 4.98. The molecule has 0 amide bonds.